The van der Waals surface area contributed by atoms with Crippen molar-refractivity contribution in [3.05, 3.63) is 66.5 Å². The maximum Gasteiger partial charge on any atom is 0.178 e. The molecule has 0 radical (unpaired) electrons. The Kier molecular flexibility index (Phi) is 5.57. The SMILES string of the molecule is CCCCOC(C[n+]1ccccc1)c1ccccc1. The Morgan fingerprint density at radius 2 is 1.68 bits per heavy atom. The van der Waals surface area contributed by atoms with E-state index in [0.717, 1.165) is 19.6 Å². The maximum atomic E-state index is 6.05. The number of nitrogens with zero attached hydrogens (tertiary/aromatic N) is 1. The van der Waals surface area contributed by atoms with Crippen LogP contribution >= 0.6 is 0 Å². The summed E-state index contributed by atoms with van der Waals surface area (Å²) in [7, 11) is 0. The van der Waals surface area contributed by atoms with Gasteiger partial charge in [0.1, 0.15) is 6.10 Å². The lowest BCUT2D eigenvalue weighted by molar-refractivity contribution is -0.705. The monoisotopic (exact) mass is 256 g/mol. The molecule has 19 heavy (non-hydrogen) atoms. The number of aromatic nitrogens is 1. The summed E-state index contributed by atoms with van der Waals surface area (Å²) >= 11 is 0. The molecule has 0 bridgehead atoms. The molecular formula is C17H22NO+. The van der Waals surface area contributed by atoms with Gasteiger partial charge in [-0.25, -0.2) is 4.57 Å². The van der Waals surface area contributed by atoms with Crippen LogP contribution in [0.3, 0.4) is 0 Å². The van der Waals surface area contributed by atoms with Gasteiger partial charge in [0.15, 0.2) is 18.9 Å². The molecule has 2 rings (SSSR count). The highest BCUT2D eigenvalue weighted by Crippen LogP contribution is 2.17. The van der Waals surface area contributed by atoms with Crippen LogP contribution in [0, 0.1) is 0 Å². The van der Waals surface area contributed by atoms with Gasteiger partial charge in [-0.2, -0.15) is 0 Å². The summed E-state index contributed by atoms with van der Waals surface area (Å²) in [5, 5.41) is 0. The number of rotatable bonds is 7. The van der Waals surface area contributed by atoms with Crippen LogP contribution in [-0.4, -0.2) is 6.61 Å². The molecule has 0 saturated carbocycles. The molecule has 1 atom stereocenters. The zero-order chi connectivity index (χ0) is 13.3. The fourth-order valence-corrected chi connectivity index (χ4v) is 2.04. The molecule has 2 nitrogen and oxygen atoms in total. The third-order valence-corrected chi connectivity index (χ3v) is 3.14. The highest BCUT2D eigenvalue weighted by molar-refractivity contribution is 5.17. The number of pyridine rings is 1. The van der Waals surface area contributed by atoms with Gasteiger partial charge in [-0.1, -0.05) is 49.7 Å². The smallest absolute Gasteiger partial charge is 0.178 e. The standard InChI is InChI=1S/C17H22NO/c1-2-3-14-19-17(16-10-6-4-7-11-16)15-18-12-8-5-9-13-18/h4-13,17H,2-3,14-15H2,1H3/q+1. The van der Waals surface area contributed by atoms with Crippen molar-refractivity contribution in [3.8, 4) is 0 Å². The van der Waals surface area contributed by atoms with Gasteiger partial charge in [0.05, 0.1) is 0 Å². The largest absolute Gasteiger partial charge is 0.367 e. The van der Waals surface area contributed by atoms with E-state index in [0.29, 0.717) is 0 Å². The summed E-state index contributed by atoms with van der Waals surface area (Å²) in [6, 6.07) is 16.6. The van der Waals surface area contributed by atoms with E-state index in [4.69, 9.17) is 4.74 Å². The lowest BCUT2D eigenvalue weighted by Gasteiger charge is -2.15. The van der Waals surface area contributed by atoms with Crippen molar-refractivity contribution >= 4 is 0 Å². The molecular weight excluding hydrogens is 234 g/mol. The van der Waals surface area contributed by atoms with Gasteiger partial charge in [-0.3, -0.25) is 0 Å². The van der Waals surface area contributed by atoms with Crippen LogP contribution < -0.4 is 4.57 Å². The fraction of sp³-hybridized carbons (Fsp3) is 0.353. The second-order valence-electron chi connectivity index (χ2n) is 4.70. The third-order valence-electron chi connectivity index (χ3n) is 3.14. The molecule has 0 spiro atoms. The fourth-order valence-electron chi connectivity index (χ4n) is 2.04. The molecule has 0 fully saturated rings. The van der Waals surface area contributed by atoms with Crippen LogP contribution in [0.5, 0.6) is 0 Å². The van der Waals surface area contributed by atoms with Gasteiger partial charge in [-0.15, -0.1) is 0 Å². The summed E-state index contributed by atoms with van der Waals surface area (Å²) < 4.78 is 8.22. The molecule has 0 amide bonds. The molecule has 0 aliphatic carbocycles. The normalized spacial score (nSPS) is 12.3. The van der Waals surface area contributed by atoms with Crippen LogP contribution in [-0.2, 0) is 11.3 Å². The number of hydrogen-bond acceptors (Lipinski definition) is 1. The molecule has 1 heterocycles. The predicted molar refractivity (Wildman–Crippen MR) is 76.7 cm³/mol. The van der Waals surface area contributed by atoms with E-state index in [1.54, 1.807) is 0 Å². The van der Waals surface area contributed by atoms with Crippen molar-refractivity contribution in [3.63, 3.8) is 0 Å². The number of ether oxygens (including phenoxy) is 1. The zero-order valence-corrected chi connectivity index (χ0v) is 11.5. The number of hydrogen-bond donors (Lipinski definition) is 0. The summed E-state index contributed by atoms with van der Waals surface area (Å²) in [5.41, 5.74) is 1.25. The Hall–Kier alpha value is -1.67. The topological polar surface area (TPSA) is 13.1 Å². The van der Waals surface area contributed by atoms with Crippen molar-refractivity contribution in [2.24, 2.45) is 0 Å². The first-order valence-electron chi connectivity index (χ1n) is 7.01. The summed E-state index contributed by atoms with van der Waals surface area (Å²) in [6.07, 6.45) is 6.57. The molecule has 0 aliphatic heterocycles. The van der Waals surface area contributed by atoms with E-state index in [9.17, 15) is 0 Å². The Morgan fingerprint density at radius 3 is 2.37 bits per heavy atom. The number of benzene rings is 1. The molecule has 1 aromatic carbocycles. The van der Waals surface area contributed by atoms with Gasteiger partial charge < -0.3 is 4.74 Å². The first-order valence-corrected chi connectivity index (χ1v) is 7.01. The van der Waals surface area contributed by atoms with Crippen LogP contribution in [0.2, 0.25) is 0 Å². The maximum absolute atomic E-state index is 6.05. The lowest BCUT2D eigenvalue weighted by Crippen LogP contribution is -2.36. The third kappa shape index (κ3) is 4.49. The van der Waals surface area contributed by atoms with Crippen molar-refractivity contribution in [1.29, 1.82) is 0 Å². The van der Waals surface area contributed by atoms with Crippen molar-refractivity contribution in [2.45, 2.75) is 32.4 Å². The van der Waals surface area contributed by atoms with Crippen molar-refractivity contribution in [2.75, 3.05) is 6.61 Å². The molecule has 100 valence electrons. The van der Waals surface area contributed by atoms with Gasteiger partial charge in [0, 0.05) is 18.7 Å². The highest BCUT2D eigenvalue weighted by atomic mass is 16.5. The molecule has 1 unspecified atom stereocenters. The Balaban J connectivity index is 2.06. The second-order valence-corrected chi connectivity index (χ2v) is 4.70. The van der Waals surface area contributed by atoms with E-state index in [1.165, 1.54) is 12.0 Å². The van der Waals surface area contributed by atoms with Gasteiger partial charge in [0.2, 0.25) is 0 Å². The van der Waals surface area contributed by atoms with E-state index < -0.39 is 0 Å². The van der Waals surface area contributed by atoms with Crippen LogP contribution in [0.15, 0.2) is 60.9 Å². The average Bonchev–Trinajstić information content (AvgIpc) is 2.48. The van der Waals surface area contributed by atoms with E-state index >= 15 is 0 Å². The van der Waals surface area contributed by atoms with E-state index in [-0.39, 0.29) is 6.10 Å². The molecule has 0 saturated heterocycles. The zero-order valence-electron chi connectivity index (χ0n) is 11.5. The average molecular weight is 256 g/mol. The first kappa shape index (κ1) is 13.8. The minimum absolute atomic E-state index is 0.125. The van der Waals surface area contributed by atoms with Gasteiger partial charge in [0.25, 0.3) is 0 Å². The molecule has 2 heteroatoms. The summed E-state index contributed by atoms with van der Waals surface area (Å²) in [6.45, 7) is 3.87. The quantitative estimate of drug-likeness (QED) is 0.545. The minimum atomic E-state index is 0.125. The van der Waals surface area contributed by atoms with Crippen LogP contribution in [0.4, 0.5) is 0 Å². The summed E-state index contributed by atoms with van der Waals surface area (Å²) in [5.74, 6) is 0. The van der Waals surface area contributed by atoms with Crippen molar-refractivity contribution in [1.82, 2.24) is 0 Å². The van der Waals surface area contributed by atoms with Crippen LogP contribution in [0.25, 0.3) is 0 Å². The number of unbranched alkanes of at least 4 members (excludes halogenated alkanes) is 1. The predicted octanol–water partition coefficient (Wildman–Crippen LogP) is 3.53. The van der Waals surface area contributed by atoms with E-state index in [2.05, 4.69) is 48.1 Å². The molecule has 1 aromatic heterocycles. The van der Waals surface area contributed by atoms with Gasteiger partial charge in [-0.05, 0) is 12.0 Å². The molecule has 2 aromatic rings. The molecule has 0 N–H and O–H groups in total. The van der Waals surface area contributed by atoms with E-state index in [1.807, 2.05) is 24.3 Å². The minimum Gasteiger partial charge on any atom is -0.367 e. The second kappa shape index (κ2) is 7.70. The van der Waals surface area contributed by atoms with Crippen LogP contribution in [0.1, 0.15) is 31.4 Å². The highest BCUT2D eigenvalue weighted by Gasteiger charge is 2.16. The first-order chi connectivity index (χ1) is 9.40. The lowest BCUT2D eigenvalue weighted by atomic mass is 10.1. The van der Waals surface area contributed by atoms with Gasteiger partial charge >= 0.3 is 0 Å². The molecule has 0 aliphatic rings. The summed E-state index contributed by atoms with van der Waals surface area (Å²) in [4.78, 5) is 0. The Bertz CT molecular complexity index is 455. The Morgan fingerprint density at radius 1 is 1.00 bits per heavy atom. The Labute approximate surface area is 115 Å². The van der Waals surface area contributed by atoms with Crippen molar-refractivity contribution < 1.29 is 9.30 Å².